The summed E-state index contributed by atoms with van der Waals surface area (Å²) in [6.45, 7) is 8.87. The highest BCUT2D eigenvalue weighted by molar-refractivity contribution is 7.21. The average Bonchev–Trinajstić information content (AvgIpc) is 3.37. The second kappa shape index (κ2) is 8.20. The predicted octanol–water partition coefficient (Wildman–Crippen LogP) is 4.52. The smallest absolute Gasteiger partial charge is 0.397 e. The molecule has 4 aromatic rings. The van der Waals surface area contributed by atoms with Crippen LogP contribution in [0.15, 0.2) is 39.6 Å². The SMILES string of the molecule is CCC(C)(C)C1CCc2nc3sc(C(=O)c4c(=O)o[nH][n+]4-c4ccc(C)cc4)c(N)c3cc2C1. The molecule has 34 heavy (non-hydrogen) atoms. The fourth-order valence-corrected chi connectivity index (χ4v) is 5.80. The van der Waals surface area contributed by atoms with Crippen molar-refractivity contribution in [3.05, 3.63) is 68.1 Å². The summed E-state index contributed by atoms with van der Waals surface area (Å²) in [6, 6.07) is 9.53. The highest BCUT2D eigenvalue weighted by Crippen LogP contribution is 2.42. The fraction of sp³-hybridized carbons (Fsp3) is 0.385. The molecule has 7 nitrogen and oxygen atoms in total. The number of ketones is 1. The molecule has 1 atom stereocenters. The van der Waals surface area contributed by atoms with Crippen LogP contribution in [0, 0.1) is 18.3 Å². The summed E-state index contributed by atoms with van der Waals surface area (Å²) in [6.07, 6.45) is 4.13. The lowest BCUT2D eigenvalue weighted by molar-refractivity contribution is -0.672. The van der Waals surface area contributed by atoms with Gasteiger partial charge in [-0.25, -0.2) is 9.78 Å². The van der Waals surface area contributed by atoms with E-state index in [4.69, 9.17) is 15.2 Å². The van der Waals surface area contributed by atoms with Gasteiger partial charge in [-0.3, -0.25) is 9.32 Å². The van der Waals surface area contributed by atoms with Crippen LogP contribution in [-0.4, -0.2) is 16.0 Å². The maximum atomic E-state index is 13.5. The lowest BCUT2D eigenvalue weighted by Gasteiger charge is -2.36. The van der Waals surface area contributed by atoms with Crippen molar-refractivity contribution >= 4 is 33.0 Å². The number of aromatic amines is 1. The van der Waals surface area contributed by atoms with Gasteiger partial charge in [0.05, 0.1) is 5.69 Å². The summed E-state index contributed by atoms with van der Waals surface area (Å²) >= 11 is 1.24. The molecule has 0 spiro atoms. The van der Waals surface area contributed by atoms with E-state index in [9.17, 15) is 9.59 Å². The van der Waals surface area contributed by atoms with Gasteiger partial charge in [0.25, 0.3) is 5.78 Å². The molecular formula is C26H29N4O3S+. The van der Waals surface area contributed by atoms with Crippen molar-refractivity contribution in [2.45, 2.75) is 53.4 Å². The molecule has 3 aromatic heterocycles. The van der Waals surface area contributed by atoms with E-state index in [1.807, 2.05) is 31.2 Å². The van der Waals surface area contributed by atoms with E-state index in [0.717, 1.165) is 47.2 Å². The maximum Gasteiger partial charge on any atom is 0.439 e. The maximum absolute atomic E-state index is 13.5. The molecule has 0 amide bonds. The third-order valence-electron chi connectivity index (χ3n) is 7.46. The molecule has 5 rings (SSSR count). The van der Waals surface area contributed by atoms with E-state index in [0.29, 0.717) is 22.2 Å². The second-order valence-corrected chi connectivity index (χ2v) is 10.9. The Morgan fingerprint density at radius 2 is 2.06 bits per heavy atom. The number of nitrogen functional groups attached to an aromatic ring is 1. The minimum Gasteiger partial charge on any atom is -0.397 e. The van der Waals surface area contributed by atoms with E-state index in [2.05, 4.69) is 32.1 Å². The summed E-state index contributed by atoms with van der Waals surface area (Å²) < 4.78 is 6.35. The number of thiophene rings is 1. The van der Waals surface area contributed by atoms with Crippen molar-refractivity contribution in [3.63, 3.8) is 0 Å². The minimum atomic E-state index is -0.737. The highest BCUT2D eigenvalue weighted by atomic mass is 32.1. The van der Waals surface area contributed by atoms with E-state index in [-0.39, 0.29) is 11.1 Å². The number of hydrogen-bond acceptors (Lipinski definition) is 6. The van der Waals surface area contributed by atoms with Crippen LogP contribution in [0.25, 0.3) is 15.9 Å². The minimum absolute atomic E-state index is 0.114. The molecule has 3 heterocycles. The number of H-pyrrole nitrogens is 1. The van der Waals surface area contributed by atoms with E-state index in [1.165, 1.54) is 21.6 Å². The standard InChI is InChI=1S/C26H28N4O3S/c1-5-26(3,4)16-8-11-19-15(12-16)13-18-20(27)23(34-24(18)28-19)22(31)21-25(32)33-29-30(21)17-9-6-14(2)7-10-17/h6-7,9-10,13,16H,5,8,11-12H2,1-4H3,(H2-,27,29,31,32)/p+1. The first-order valence-electron chi connectivity index (χ1n) is 11.7. The summed E-state index contributed by atoms with van der Waals surface area (Å²) in [5.74, 6) is 0.113. The van der Waals surface area contributed by atoms with Crippen molar-refractivity contribution in [1.29, 1.82) is 0 Å². The molecular weight excluding hydrogens is 448 g/mol. The first-order chi connectivity index (χ1) is 16.2. The number of nitrogens with one attached hydrogen (secondary N) is 1. The van der Waals surface area contributed by atoms with Gasteiger partial charge in [-0.1, -0.05) is 44.9 Å². The van der Waals surface area contributed by atoms with Crippen LogP contribution in [-0.2, 0) is 12.8 Å². The molecule has 0 fully saturated rings. The lowest BCUT2D eigenvalue weighted by atomic mass is 9.69. The fourth-order valence-electron chi connectivity index (χ4n) is 4.76. The molecule has 0 saturated carbocycles. The Kier molecular flexibility index (Phi) is 5.43. The van der Waals surface area contributed by atoms with Gasteiger partial charge in [0.15, 0.2) is 0 Å². The Morgan fingerprint density at radius 1 is 1.32 bits per heavy atom. The summed E-state index contributed by atoms with van der Waals surface area (Å²) in [4.78, 5) is 31.9. The average molecular weight is 478 g/mol. The molecule has 176 valence electrons. The molecule has 0 radical (unpaired) electrons. The molecule has 0 aliphatic heterocycles. The number of carbonyl (C=O) groups excluding carboxylic acids is 1. The van der Waals surface area contributed by atoms with Crippen LogP contribution in [0.2, 0.25) is 0 Å². The molecule has 3 N–H and O–H groups in total. The molecule has 0 saturated heterocycles. The van der Waals surface area contributed by atoms with Gasteiger partial charge in [0.2, 0.25) is 5.69 Å². The van der Waals surface area contributed by atoms with Crippen molar-refractivity contribution in [2.75, 3.05) is 5.73 Å². The number of aryl methyl sites for hydroxylation is 2. The van der Waals surface area contributed by atoms with Crippen LogP contribution in [0.5, 0.6) is 0 Å². The Bertz CT molecular complexity index is 1460. The third-order valence-corrected chi connectivity index (χ3v) is 8.58. The number of aromatic nitrogens is 3. The van der Waals surface area contributed by atoms with Crippen molar-refractivity contribution in [3.8, 4) is 5.69 Å². The number of fused-ring (bicyclic) bond motifs is 2. The quantitative estimate of drug-likeness (QED) is 0.325. The zero-order valence-corrected chi connectivity index (χ0v) is 20.7. The van der Waals surface area contributed by atoms with Gasteiger partial charge in [-0.2, -0.15) is 0 Å². The van der Waals surface area contributed by atoms with Gasteiger partial charge in [0.1, 0.15) is 9.71 Å². The van der Waals surface area contributed by atoms with Crippen LogP contribution in [0.3, 0.4) is 0 Å². The molecule has 0 bridgehead atoms. The lowest BCUT2D eigenvalue weighted by Crippen LogP contribution is -2.41. The monoisotopic (exact) mass is 477 g/mol. The first-order valence-corrected chi connectivity index (χ1v) is 12.5. The van der Waals surface area contributed by atoms with Gasteiger partial charge in [-0.15, -0.1) is 11.3 Å². The summed E-state index contributed by atoms with van der Waals surface area (Å²) in [5.41, 5.74) is 10.3. The van der Waals surface area contributed by atoms with E-state index < -0.39 is 11.4 Å². The van der Waals surface area contributed by atoms with Crippen LogP contribution >= 0.6 is 11.3 Å². The first kappa shape index (κ1) is 22.5. The molecule has 8 heteroatoms. The number of hydrogen-bond donors (Lipinski definition) is 2. The second-order valence-electron chi connectivity index (χ2n) is 9.90. The number of carbonyl (C=O) groups is 1. The van der Waals surface area contributed by atoms with E-state index in [1.54, 1.807) is 0 Å². The van der Waals surface area contributed by atoms with Crippen LogP contribution in [0.1, 0.15) is 65.8 Å². The van der Waals surface area contributed by atoms with Crippen LogP contribution in [0.4, 0.5) is 5.69 Å². The number of pyridine rings is 1. The van der Waals surface area contributed by atoms with Crippen molar-refractivity contribution in [1.82, 2.24) is 10.3 Å². The number of anilines is 1. The van der Waals surface area contributed by atoms with Gasteiger partial charge >= 0.3 is 11.3 Å². The number of benzene rings is 1. The summed E-state index contributed by atoms with van der Waals surface area (Å²) in [5, 5.41) is 3.32. The number of rotatable bonds is 5. The van der Waals surface area contributed by atoms with Gasteiger partial charge in [0, 0.05) is 23.2 Å². The number of nitrogens with two attached hydrogens (primary N) is 1. The normalized spacial score (nSPS) is 16.1. The zero-order valence-electron chi connectivity index (χ0n) is 19.9. The number of nitrogens with zero attached hydrogens (tertiary/aromatic N) is 2. The largest absolute Gasteiger partial charge is 0.439 e. The summed E-state index contributed by atoms with van der Waals surface area (Å²) in [7, 11) is 0. The highest BCUT2D eigenvalue weighted by Gasteiger charge is 2.36. The van der Waals surface area contributed by atoms with E-state index >= 15 is 0 Å². The Morgan fingerprint density at radius 3 is 2.76 bits per heavy atom. The zero-order chi connectivity index (χ0) is 24.2. The molecule has 1 aliphatic rings. The van der Waals surface area contributed by atoms with Crippen LogP contribution < -0.4 is 16.0 Å². The molecule has 1 aliphatic carbocycles. The Labute approximate surface area is 201 Å². The third kappa shape index (κ3) is 3.66. The topological polar surface area (TPSA) is 106 Å². The molecule has 1 unspecified atom stereocenters. The Balaban J connectivity index is 1.56. The van der Waals surface area contributed by atoms with Crippen molar-refractivity contribution in [2.24, 2.45) is 11.3 Å². The molecule has 1 aromatic carbocycles. The van der Waals surface area contributed by atoms with Gasteiger partial charge in [-0.05, 0) is 59.1 Å². The Hall–Kier alpha value is -3.26. The predicted molar refractivity (Wildman–Crippen MR) is 133 cm³/mol. The van der Waals surface area contributed by atoms with Gasteiger partial charge < -0.3 is 5.73 Å². The van der Waals surface area contributed by atoms with Crippen molar-refractivity contribution < 1.29 is 14.0 Å².